The van der Waals surface area contributed by atoms with Crippen LogP contribution in [0.3, 0.4) is 0 Å². The Balaban J connectivity index is 1.71. The predicted molar refractivity (Wildman–Crippen MR) is 121 cm³/mol. The van der Waals surface area contributed by atoms with Gasteiger partial charge in [0.05, 0.1) is 0 Å². The van der Waals surface area contributed by atoms with Gasteiger partial charge in [-0.2, -0.15) is 0 Å². The first-order chi connectivity index (χ1) is 15.3. The van der Waals surface area contributed by atoms with Crippen LogP contribution in [0, 0.1) is 11.3 Å². The van der Waals surface area contributed by atoms with E-state index in [1.165, 1.54) is 11.0 Å². The first kappa shape index (κ1) is 25.7. The Kier molecular flexibility index (Phi) is 7.32. The van der Waals surface area contributed by atoms with Gasteiger partial charge in [0.2, 0.25) is 11.8 Å². The van der Waals surface area contributed by atoms with E-state index in [-0.39, 0.29) is 12.5 Å². The predicted octanol–water partition coefficient (Wildman–Crippen LogP) is 2.26. The van der Waals surface area contributed by atoms with E-state index in [9.17, 15) is 28.7 Å². The number of likely N-dealkylation sites (tertiary alicyclic amines) is 1. The van der Waals surface area contributed by atoms with E-state index in [1.54, 1.807) is 0 Å². The van der Waals surface area contributed by atoms with Crippen molar-refractivity contribution in [3.8, 4) is 0 Å². The number of hydrogen-bond donors (Lipinski definition) is 4. The van der Waals surface area contributed by atoms with E-state index in [2.05, 4.69) is 17.2 Å². The molecule has 1 heterocycles. The van der Waals surface area contributed by atoms with Gasteiger partial charge in [0, 0.05) is 12.5 Å². The zero-order valence-corrected chi connectivity index (χ0v) is 20.5. The molecule has 4 atom stereocenters. The fraction of sp³-hybridized carbons (Fsp3) is 0.773. The number of amides is 3. The lowest BCUT2D eigenvalue weighted by Gasteiger charge is -2.35. The van der Waals surface area contributed by atoms with Crippen molar-refractivity contribution in [2.45, 2.75) is 89.2 Å². The number of rotatable bonds is 7. The highest BCUT2D eigenvalue weighted by atomic mass is 31.2. The van der Waals surface area contributed by atoms with Crippen LogP contribution >= 0.6 is 7.60 Å². The number of carbonyl (C=O) groups excluding carboxylic acids is 3. The average molecular weight is 486 g/mol. The molecule has 0 aromatic rings. The monoisotopic (exact) mass is 485 g/mol. The summed E-state index contributed by atoms with van der Waals surface area (Å²) < 4.78 is 17.5. The SMILES string of the molecule is C=C[C@@H]1C[C@]1(NC(=O)C1CCCN1C(=O)C(NC(=O)OC1CCCC1)C(C)(C)C)P(=O)(O)O. The van der Waals surface area contributed by atoms with Crippen molar-refractivity contribution in [3.05, 3.63) is 12.7 Å². The quantitative estimate of drug-likeness (QED) is 0.320. The molecule has 3 rings (SSSR count). The van der Waals surface area contributed by atoms with E-state index < -0.39 is 54.2 Å². The summed E-state index contributed by atoms with van der Waals surface area (Å²) in [6.07, 6.45) is 5.30. The standard InChI is InChI=1S/C22H36N3O7P/c1-5-14-13-22(14,33(29,30)31)24-18(26)16-11-8-12-25(16)19(27)17(21(2,3)4)23-20(28)32-15-9-6-7-10-15/h5,14-17H,1,6-13H2,2-4H3,(H,23,28)(H,24,26)(H2,29,30,31)/t14-,16?,17?,22+/m1/s1. The Morgan fingerprint density at radius 3 is 2.33 bits per heavy atom. The van der Waals surface area contributed by atoms with Crippen molar-refractivity contribution in [1.29, 1.82) is 0 Å². The maximum Gasteiger partial charge on any atom is 0.408 e. The van der Waals surface area contributed by atoms with Crippen molar-refractivity contribution in [2.24, 2.45) is 11.3 Å². The lowest BCUT2D eigenvalue weighted by atomic mass is 9.85. The molecule has 2 unspecified atom stereocenters. The summed E-state index contributed by atoms with van der Waals surface area (Å²) in [7, 11) is -4.63. The highest BCUT2D eigenvalue weighted by Crippen LogP contribution is 2.67. The van der Waals surface area contributed by atoms with Crippen LogP contribution in [-0.4, -0.2) is 62.6 Å². The molecule has 0 bridgehead atoms. The third kappa shape index (κ3) is 5.44. The fourth-order valence-corrected chi connectivity index (χ4v) is 6.06. The molecule has 4 N–H and O–H groups in total. The first-order valence-corrected chi connectivity index (χ1v) is 13.2. The molecule has 0 radical (unpaired) electrons. The highest BCUT2D eigenvalue weighted by molar-refractivity contribution is 7.54. The van der Waals surface area contributed by atoms with E-state index in [1.807, 2.05) is 20.8 Å². The second kappa shape index (κ2) is 9.39. The van der Waals surface area contributed by atoms with Crippen molar-refractivity contribution in [3.63, 3.8) is 0 Å². The van der Waals surface area contributed by atoms with Gasteiger partial charge in [-0.25, -0.2) is 4.79 Å². The Morgan fingerprint density at radius 2 is 1.82 bits per heavy atom. The normalized spacial score (nSPS) is 28.8. The summed E-state index contributed by atoms with van der Waals surface area (Å²) in [5.74, 6) is -1.54. The van der Waals surface area contributed by atoms with Crippen LogP contribution in [-0.2, 0) is 18.9 Å². The number of carbonyl (C=O) groups is 3. The van der Waals surface area contributed by atoms with Gasteiger partial charge in [0.1, 0.15) is 23.5 Å². The van der Waals surface area contributed by atoms with E-state index >= 15 is 0 Å². The van der Waals surface area contributed by atoms with Crippen LogP contribution in [0.15, 0.2) is 12.7 Å². The summed E-state index contributed by atoms with van der Waals surface area (Å²) in [6.45, 7) is 9.35. The molecule has 3 fully saturated rings. The summed E-state index contributed by atoms with van der Waals surface area (Å²) in [4.78, 5) is 60.0. The van der Waals surface area contributed by atoms with E-state index in [4.69, 9.17) is 4.74 Å². The summed E-state index contributed by atoms with van der Waals surface area (Å²) >= 11 is 0. The number of hydrogen-bond acceptors (Lipinski definition) is 5. The molecular weight excluding hydrogens is 449 g/mol. The number of ether oxygens (including phenoxy) is 1. The second-order valence-corrected chi connectivity index (χ2v) is 12.3. The molecule has 2 aliphatic carbocycles. The van der Waals surface area contributed by atoms with Gasteiger partial charge in [-0.15, -0.1) is 6.58 Å². The first-order valence-electron chi connectivity index (χ1n) is 11.6. The number of alkyl carbamates (subject to hydrolysis) is 1. The van der Waals surface area contributed by atoms with Crippen LogP contribution in [0.25, 0.3) is 0 Å². The molecule has 1 saturated heterocycles. The van der Waals surface area contributed by atoms with Gasteiger partial charge in [0.15, 0.2) is 0 Å². The third-order valence-corrected chi connectivity index (χ3v) is 8.58. The smallest absolute Gasteiger partial charge is 0.408 e. The van der Waals surface area contributed by atoms with Gasteiger partial charge in [-0.05, 0) is 50.4 Å². The maximum atomic E-state index is 13.5. The summed E-state index contributed by atoms with van der Waals surface area (Å²) in [5, 5.41) is 3.56. The van der Waals surface area contributed by atoms with E-state index in [0.29, 0.717) is 19.4 Å². The molecule has 11 heteroatoms. The number of nitrogens with zero attached hydrogens (tertiary/aromatic N) is 1. The Morgan fingerprint density at radius 1 is 1.18 bits per heavy atom. The van der Waals surface area contributed by atoms with Gasteiger partial charge < -0.3 is 30.1 Å². The summed E-state index contributed by atoms with van der Waals surface area (Å²) in [5.41, 5.74) is -0.646. The van der Waals surface area contributed by atoms with Crippen molar-refractivity contribution < 1.29 is 33.5 Å². The van der Waals surface area contributed by atoms with E-state index in [0.717, 1.165) is 25.7 Å². The van der Waals surface area contributed by atoms with Crippen molar-refractivity contribution >= 4 is 25.5 Å². The topological polar surface area (TPSA) is 145 Å². The van der Waals surface area contributed by atoms with Crippen LogP contribution in [0.4, 0.5) is 4.79 Å². The molecule has 0 spiro atoms. The fourth-order valence-electron chi connectivity index (χ4n) is 4.83. The van der Waals surface area contributed by atoms with Gasteiger partial charge in [-0.1, -0.05) is 26.8 Å². The molecule has 186 valence electrons. The largest absolute Gasteiger partial charge is 0.446 e. The zero-order chi connectivity index (χ0) is 24.6. The Hall–Kier alpha value is -1.90. The Bertz CT molecular complexity index is 845. The third-order valence-electron chi connectivity index (χ3n) is 6.92. The zero-order valence-electron chi connectivity index (χ0n) is 19.6. The Labute approximate surface area is 194 Å². The average Bonchev–Trinajstić information content (AvgIpc) is 3.07. The minimum atomic E-state index is -4.63. The van der Waals surface area contributed by atoms with Gasteiger partial charge in [0.25, 0.3) is 0 Å². The molecule has 33 heavy (non-hydrogen) atoms. The molecular formula is C22H36N3O7P. The minimum absolute atomic E-state index is 0.104. The van der Waals surface area contributed by atoms with Gasteiger partial charge in [-0.3, -0.25) is 14.2 Å². The van der Waals surface area contributed by atoms with Crippen LogP contribution < -0.4 is 10.6 Å². The highest BCUT2D eigenvalue weighted by Gasteiger charge is 2.66. The molecule has 3 aliphatic rings. The molecule has 3 amide bonds. The lowest BCUT2D eigenvalue weighted by molar-refractivity contribution is -0.142. The molecule has 0 aromatic carbocycles. The lowest BCUT2D eigenvalue weighted by Crippen LogP contribution is -2.58. The second-order valence-electron chi connectivity index (χ2n) is 10.4. The van der Waals surface area contributed by atoms with Crippen LogP contribution in [0.5, 0.6) is 0 Å². The molecule has 0 aromatic heterocycles. The maximum absolute atomic E-state index is 13.5. The minimum Gasteiger partial charge on any atom is -0.446 e. The molecule has 2 saturated carbocycles. The van der Waals surface area contributed by atoms with Gasteiger partial charge >= 0.3 is 13.7 Å². The van der Waals surface area contributed by atoms with Crippen molar-refractivity contribution in [1.82, 2.24) is 15.5 Å². The van der Waals surface area contributed by atoms with Crippen LogP contribution in [0.1, 0.15) is 65.7 Å². The number of nitrogens with one attached hydrogen (secondary N) is 2. The van der Waals surface area contributed by atoms with Crippen molar-refractivity contribution in [2.75, 3.05) is 6.54 Å². The van der Waals surface area contributed by atoms with Crippen LogP contribution in [0.2, 0.25) is 0 Å². The molecule has 1 aliphatic heterocycles. The summed E-state index contributed by atoms with van der Waals surface area (Å²) in [6, 6.07) is -1.79. The molecule has 10 nitrogen and oxygen atoms in total.